The van der Waals surface area contributed by atoms with Crippen LogP contribution in [0.4, 0.5) is 5.82 Å². The number of aromatic nitrogens is 2. The summed E-state index contributed by atoms with van der Waals surface area (Å²) in [5, 5.41) is 3.28. The highest BCUT2D eigenvalue weighted by Crippen LogP contribution is 2.29. The molecule has 0 aliphatic carbocycles. The molecule has 2 N–H and O–H groups in total. The molecule has 1 heterocycles. The van der Waals surface area contributed by atoms with E-state index in [1.807, 2.05) is 93.6 Å². The van der Waals surface area contributed by atoms with Crippen LogP contribution in [0.15, 0.2) is 96.0 Å². The number of nitrogens with one attached hydrogen (secondary N) is 2. The number of hydrogen-bond donors (Lipinski definition) is 2. The first-order chi connectivity index (χ1) is 19.3. The average Bonchev–Trinajstić information content (AvgIpc) is 2.96. The van der Waals surface area contributed by atoms with Crippen molar-refractivity contribution in [2.45, 2.75) is 31.3 Å². The molecule has 40 heavy (non-hydrogen) atoms. The second kappa shape index (κ2) is 14.0. The first-order valence-electron chi connectivity index (χ1n) is 13.0. The maximum Gasteiger partial charge on any atom is 0.287 e. The summed E-state index contributed by atoms with van der Waals surface area (Å²) in [7, 11) is 0. The van der Waals surface area contributed by atoms with Crippen molar-refractivity contribution in [1.82, 2.24) is 14.7 Å². The first kappa shape index (κ1) is 29.2. The Kier molecular flexibility index (Phi) is 10.3. The predicted octanol–water partition coefficient (Wildman–Crippen LogP) is 5.18. The Balaban J connectivity index is 1.24. The number of benzene rings is 3. The highest BCUT2D eigenvalue weighted by atomic mass is 32.2. The fourth-order valence-electron chi connectivity index (χ4n) is 3.87. The fourth-order valence-corrected chi connectivity index (χ4v) is 4.64. The minimum absolute atomic E-state index is 0.196. The molecule has 208 valence electrons. The summed E-state index contributed by atoms with van der Waals surface area (Å²) < 4.78 is 26.3. The summed E-state index contributed by atoms with van der Waals surface area (Å²) in [6.45, 7) is 6.60. The Labute approximate surface area is 238 Å². The molecule has 3 aromatic carbocycles. The molecule has 0 aliphatic heterocycles. The van der Waals surface area contributed by atoms with Gasteiger partial charge < -0.3 is 19.3 Å². The number of hydrogen-bond acceptors (Lipinski definition) is 7. The van der Waals surface area contributed by atoms with Crippen LogP contribution in [0, 0.1) is 6.92 Å². The topological polar surface area (TPSA) is 108 Å². The summed E-state index contributed by atoms with van der Waals surface area (Å²) in [6, 6.07) is 27.1. The van der Waals surface area contributed by atoms with E-state index >= 15 is 0 Å². The lowest BCUT2D eigenvalue weighted by atomic mass is 10.0. The molecule has 0 spiro atoms. The van der Waals surface area contributed by atoms with E-state index < -0.39 is 22.9 Å². The van der Waals surface area contributed by atoms with Crippen LogP contribution in [0.3, 0.4) is 0 Å². The Morgan fingerprint density at radius 1 is 0.925 bits per heavy atom. The summed E-state index contributed by atoms with van der Waals surface area (Å²) in [5.41, 5.74) is 4.03. The second-order valence-corrected chi connectivity index (χ2v) is 11.0. The Morgan fingerprint density at radius 2 is 1.55 bits per heavy atom. The van der Waals surface area contributed by atoms with E-state index in [-0.39, 0.29) is 13.2 Å². The number of amides is 1. The molecule has 0 saturated carbocycles. The van der Waals surface area contributed by atoms with Gasteiger partial charge in [0.2, 0.25) is 0 Å². The molecule has 4 rings (SSSR count). The first-order valence-corrected chi connectivity index (χ1v) is 14.2. The van der Waals surface area contributed by atoms with Gasteiger partial charge in [0.25, 0.3) is 5.91 Å². The van der Waals surface area contributed by atoms with Gasteiger partial charge in [0, 0.05) is 17.7 Å². The van der Waals surface area contributed by atoms with Crippen LogP contribution in [0.25, 0.3) is 22.5 Å². The Hall–Kier alpha value is -3.76. The van der Waals surface area contributed by atoms with Crippen molar-refractivity contribution in [3.05, 3.63) is 96.7 Å². The number of aryl methyl sites for hydroxylation is 1. The molecule has 0 radical (unpaired) electrons. The molecule has 9 heteroatoms. The van der Waals surface area contributed by atoms with Gasteiger partial charge in [-0.2, -0.15) is 4.72 Å². The van der Waals surface area contributed by atoms with Crippen molar-refractivity contribution >= 4 is 23.1 Å². The van der Waals surface area contributed by atoms with Crippen molar-refractivity contribution in [3.8, 4) is 22.5 Å². The quantitative estimate of drug-likeness (QED) is 0.172. The SMILES string of the molecule is Cc1ccc([S+]([O-])NC(=O)COCC(C)(C)OCCNc2cnc(-c3ccccc3)c(-c3ccccc3)n2)cc1. The van der Waals surface area contributed by atoms with Crippen LogP contribution < -0.4 is 10.0 Å². The van der Waals surface area contributed by atoms with Crippen molar-refractivity contribution in [2.24, 2.45) is 0 Å². The standard InChI is InChI=1S/C31H34N4O4S/c1-23-14-16-26(17-15-23)40(37)35-28(36)21-38-22-31(2,3)39-19-18-32-27-20-33-29(24-10-6-4-7-11-24)30(34-27)25-12-8-5-9-13-25/h4-17,20H,18-19,21-22H2,1-3H3,(H,32,34)(H,35,36). The lowest BCUT2D eigenvalue weighted by Crippen LogP contribution is -2.37. The zero-order valence-electron chi connectivity index (χ0n) is 22.9. The van der Waals surface area contributed by atoms with Crippen molar-refractivity contribution in [2.75, 3.05) is 31.7 Å². The van der Waals surface area contributed by atoms with Crippen LogP contribution in [-0.4, -0.2) is 52.4 Å². The molecule has 1 amide bonds. The smallest absolute Gasteiger partial charge is 0.287 e. The van der Waals surface area contributed by atoms with E-state index in [4.69, 9.17) is 19.4 Å². The molecule has 0 fully saturated rings. The fraction of sp³-hybridized carbons (Fsp3) is 0.258. The van der Waals surface area contributed by atoms with Gasteiger partial charge in [0.1, 0.15) is 23.8 Å². The average molecular weight is 559 g/mol. The van der Waals surface area contributed by atoms with Gasteiger partial charge in [-0.1, -0.05) is 78.4 Å². The van der Waals surface area contributed by atoms with Crippen LogP contribution in [-0.2, 0) is 25.6 Å². The van der Waals surface area contributed by atoms with Gasteiger partial charge >= 0.3 is 0 Å². The van der Waals surface area contributed by atoms with Crippen LogP contribution in [0.1, 0.15) is 19.4 Å². The number of carbonyl (C=O) groups excluding carboxylic acids is 1. The Morgan fingerprint density at radius 3 is 2.20 bits per heavy atom. The lowest BCUT2D eigenvalue weighted by Gasteiger charge is -2.25. The number of anilines is 1. The molecule has 0 bridgehead atoms. The minimum Gasteiger partial charge on any atom is -0.588 e. The number of rotatable bonds is 13. The number of carbonyl (C=O) groups is 1. The molecule has 0 saturated heterocycles. The number of ether oxygens (including phenoxy) is 2. The normalized spacial score (nSPS) is 12.1. The summed E-state index contributed by atoms with van der Waals surface area (Å²) >= 11 is -1.63. The van der Waals surface area contributed by atoms with E-state index in [9.17, 15) is 9.35 Å². The van der Waals surface area contributed by atoms with Crippen LogP contribution in [0.2, 0.25) is 0 Å². The van der Waals surface area contributed by atoms with E-state index in [2.05, 4.69) is 10.0 Å². The third-order valence-electron chi connectivity index (χ3n) is 5.89. The van der Waals surface area contributed by atoms with Crippen molar-refractivity contribution in [1.29, 1.82) is 0 Å². The molecule has 1 aromatic heterocycles. The molecular weight excluding hydrogens is 524 g/mol. The lowest BCUT2D eigenvalue weighted by molar-refractivity contribution is -0.128. The molecule has 1 atom stereocenters. The molecule has 8 nitrogen and oxygen atoms in total. The van der Waals surface area contributed by atoms with E-state index in [0.29, 0.717) is 23.9 Å². The molecule has 1 unspecified atom stereocenters. The zero-order valence-corrected chi connectivity index (χ0v) is 23.7. The molecular formula is C31H34N4O4S. The van der Waals surface area contributed by atoms with Crippen LogP contribution >= 0.6 is 0 Å². The summed E-state index contributed by atoms with van der Waals surface area (Å²) in [6.07, 6.45) is 1.72. The van der Waals surface area contributed by atoms with Gasteiger partial charge in [-0.25, -0.2) is 4.98 Å². The Bertz CT molecular complexity index is 1370. The third-order valence-corrected chi connectivity index (χ3v) is 7.01. The molecule has 4 aromatic rings. The van der Waals surface area contributed by atoms with Crippen molar-refractivity contribution in [3.63, 3.8) is 0 Å². The highest BCUT2D eigenvalue weighted by Gasteiger charge is 2.21. The maximum atomic E-state index is 12.3. The van der Waals surface area contributed by atoms with Gasteiger partial charge in [-0.3, -0.25) is 9.78 Å². The monoisotopic (exact) mass is 558 g/mol. The van der Waals surface area contributed by atoms with E-state index in [0.717, 1.165) is 28.1 Å². The highest BCUT2D eigenvalue weighted by molar-refractivity contribution is 7.90. The van der Waals surface area contributed by atoms with E-state index in [1.165, 1.54) is 0 Å². The van der Waals surface area contributed by atoms with E-state index in [1.54, 1.807) is 18.3 Å². The van der Waals surface area contributed by atoms with Gasteiger partial charge in [0.05, 0.1) is 36.4 Å². The summed E-state index contributed by atoms with van der Waals surface area (Å²) in [4.78, 5) is 22.2. The van der Waals surface area contributed by atoms with Crippen LogP contribution in [0.5, 0.6) is 0 Å². The minimum atomic E-state index is -1.63. The maximum absolute atomic E-state index is 12.3. The third kappa shape index (κ3) is 8.62. The number of nitrogens with zero attached hydrogens (tertiary/aromatic N) is 2. The largest absolute Gasteiger partial charge is 0.588 e. The molecule has 0 aliphatic rings. The van der Waals surface area contributed by atoms with Gasteiger partial charge in [0.15, 0.2) is 4.90 Å². The second-order valence-electron chi connectivity index (χ2n) is 9.82. The van der Waals surface area contributed by atoms with Gasteiger partial charge in [-0.15, -0.1) is 0 Å². The zero-order chi connectivity index (χ0) is 28.4. The predicted molar refractivity (Wildman–Crippen MR) is 158 cm³/mol. The summed E-state index contributed by atoms with van der Waals surface area (Å²) in [5.74, 6) is 0.192. The van der Waals surface area contributed by atoms with Gasteiger partial charge in [-0.05, 0) is 32.9 Å². The van der Waals surface area contributed by atoms with Crippen molar-refractivity contribution < 1.29 is 18.8 Å².